The minimum absolute atomic E-state index is 0.214. The fourth-order valence-electron chi connectivity index (χ4n) is 4.59. The Morgan fingerprint density at radius 3 is 2.58 bits per heavy atom. The second-order valence-corrected chi connectivity index (χ2v) is 13.0. The topological polar surface area (TPSA) is 115 Å². The third-order valence-corrected chi connectivity index (χ3v) is 9.81. The maximum atomic E-state index is 13.3. The summed E-state index contributed by atoms with van der Waals surface area (Å²) in [4.78, 5) is 17.4. The van der Waals surface area contributed by atoms with E-state index < -0.39 is 15.6 Å². The van der Waals surface area contributed by atoms with Crippen LogP contribution in [0.3, 0.4) is 0 Å². The number of rotatable bonds is 9. The summed E-state index contributed by atoms with van der Waals surface area (Å²) in [5.41, 5.74) is 8.67. The number of sulfonamides is 1. The Bertz CT molecular complexity index is 1800. The zero-order chi connectivity index (χ0) is 28.5. The molecular weight excluding hydrogens is 544 g/mol. The molecule has 0 aliphatic carbocycles. The normalized spacial score (nSPS) is 13.4. The number of para-hydroxylation sites is 1. The van der Waals surface area contributed by atoms with Crippen LogP contribution in [0.1, 0.15) is 28.5 Å². The molecule has 0 fully saturated rings. The van der Waals surface area contributed by atoms with Crippen molar-refractivity contribution in [1.29, 1.82) is 0 Å². The molecule has 0 saturated heterocycles. The van der Waals surface area contributed by atoms with Crippen LogP contribution in [-0.4, -0.2) is 43.5 Å². The molecule has 206 valence electrons. The van der Waals surface area contributed by atoms with Crippen LogP contribution < -0.4 is 15.8 Å². The van der Waals surface area contributed by atoms with Gasteiger partial charge in [-0.2, -0.15) is 0 Å². The van der Waals surface area contributed by atoms with E-state index in [4.69, 9.17) is 10.5 Å². The molecule has 8 nitrogen and oxygen atoms in total. The third kappa shape index (κ3) is 5.85. The van der Waals surface area contributed by atoms with Gasteiger partial charge in [0.25, 0.3) is 5.91 Å². The number of nitrogens with two attached hydrogens (primary N) is 1. The van der Waals surface area contributed by atoms with E-state index in [1.807, 2.05) is 66.0 Å². The minimum Gasteiger partial charge on any atom is -0.497 e. The number of fused-ring (bicyclic) bond motifs is 2. The summed E-state index contributed by atoms with van der Waals surface area (Å²) in [5, 5.41) is 6.55. The first kappa shape index (κ1) is 27.7. The zero-order valence-electron chi connectivity index (χ0n) is 22.4. The van der Waals surface area contributed by atoms with Crippen LogP contribution >= 0.6 is 11.3 Å². The van der Waals surface area contributed by atoms with Crippen LogP contribution in [0.2, 0.25) is 0 Å². The molecule has 0 unspecified atom stereocenters. The SMILES string of the molecule is COc1ccc(CN(C)S(=O)(=O)C[C@](C)(N)c2csc3ccc(NC(=O)c4ccc5ccccc5n4)cc23)cc1. The van der Waals surface area contributed by atoms with Crippen LogP contribution in [0.15, 0.2) is 84.2 Å². The van der Waals surface area contributed by atoms with E-state index in [1.165, 1.54) is 15.6 Å². The first-order valence-corrected chi connectivity index (χ1v) is 15.1. The number of anilines is 1. The van der Waals surface area contributed by atoms with Gasteiger partial charge in [-0.15, -0.1) is 11.3 Å². The predicted octanol–water partition coefficient (Wildman–Crippen LogP) is 5.35. The monoisotopic (exact) mass is 574 g/mol. The Hall–Kier alpha value is -3.83. The average molecular weight is 575 g/mol. The van der Waals surface area contributed by atoms with E-state index in [0.29, 0.717) is 22.7 Å². The van der Waals surface area contributed by atoms with E-state index in [-0.39, 0.29) is 18.2 Å². The molecule has 40 heavy (non-hydrogen) atoms. The molecule has 0 aliphatic rings. The number of pyridine rings is 1. The Kier molecular flexibility index (Phi) is 7.61. The van der Waals surface area contributed by atoms with Crippen LogP contribution in [-0.2, 0) is 22.1 Å². The Morgan fingerprint density at radius 2 is 1.82 bits per heavy atom. The number of methoxy groups -OCH3 is 1. The van der Waals surface area contributed by atoms with Gasteiger partial charge in [0.2, 0.25) is 10.0 Å². The number of benzene rings is 3. The lowest BCUT2D eigenvalue weighted by Crippen LogP contribution is -2.44. The predicted molar refractivity (Wildman–Crippen MR) is 161 cm³/mol. The number of nitrogens with one attached hydrogen (secondary N) is 1. The Balaban J connectivity index is 1.35. The van der Waals surface area contributed by atoms with Crippen LogP contribution in [0.4, 0.5) is 5.69 Å². The fourth-order valence-corrected chi connectivity index (χ4v) is 7.15. The number of carbonyl (C=O) groups excluding carboxylic acids is 1. The van der Waals surface area contributed by atoms with Gasteiger partial charge in [0, 0.05) is 29.4 Å². The van der Waals surface area contributed by atoms with Crippen molar-refractivity contribution in [2.24, 2.45) is 5.73 Å². The van der Waals surface area contributed by atoms with E-state index in [1.54, 1.807) is 39.3 Å². The molecule has 2 heterocycles. The smallest absolute Gasteiger partial charge is 0.274 e. The molecule has 5 rings (SSSR count). The first-order chi connectivity index (χ1) is 19.1. The number of ether oxygens (including phenoxy) is 1. The summed E-state index contributed by atoms with van der Waals surface area (Å²) in [6, 6.07) is 24.0. The van der Waals surface area contributed by atoms with Gasteiger partial charge in [0.1, 0.15) is 11.4 Å². The van der Waals surface area contributed by atoms with Crippen molar-refractivity contribution >= 4 is 53.9 Å². The van der Waals surface area contributed by atoms with E-state index in [0.717, 1.165) is 26.6 Å². The molecule has 1 amide bonds. The molecular formula is C30H30N4O4S2. The molecule has 0 radical (unpaired) electrons. The van der Waals surface area contributed by atoms with Crippen LogP contribution in [0.25, 0.3) is 21.0 Å². The maximum Gasteiger partial charge on any atom is 0.274 e. The molecule has 3 aromatic carbocycles. The highest BCUT2D eigenvalue weighted by atomic mass is 32.2. The van der Waals surface area contributed by atoms with Gasteiger partial charge in [-0.05, 0) is 71.3 Å². The second kappa shape index (κ2) is 11.0. The molecule has 5 aromatic rings. The van der Waals surface area contributed by atoms with Gasteiger partial charge in [-0.25, -0.2) is 17.7 Å². The van der Waals surface area contributed by atoms with Crippen LogP contribution in [0, 0.1) is 0 Å². The average Bonchev–Trinajstić information content (AvgIpc) is 3.37. The fraction of sp³-hybridized carbons (Fsp3) is 0.200. The number of amides is 1. The summed E-state index contributed by atoms with van der Waals surface area (Å²) < 4.78 is 34.1. The van der Waals surface area contributed by atoms with Gasteiger partial charge < -0.3 is 15.8 Å². The highest BCUT2D eigenvalue weighted by Crippen LogP contribution is 2.35. The van der Waals surface area contributed by atoms with Gasteiger partial charge in [0.05, 0.1) is 23.9 Å². The number of aromatic nitrogens is 1. The standard InChI is InChI=1S/C30H30N4O4S2/c1-30(31,19-40(36,37)34(2)17-20-8-12-23(38-3)13-9-20)25-18-39-28-15-11-22(16-24(25)28)32-29(35)27-14-10-21-6-4-5-7-26(21)33-27/h4-16,18H,17,19,31H2,1-3H3,(H,32,35)/t30-/m0/s1. The lowest BCUT2D eigenvalue weighted by Gasteiger charge is -2.27. The molecule has 0 spiro atoms. The van der Waals surface area contributed by atoms with E-state index in [2.05, 4.69) is 10.3 Å². The third-order valence-electron chi connectivity index (χ3n) is 6.80. The maximum absolute atomic E-state index is 13.3. The van der Waals surface area contributed by atoms with Crippen molar-refractivity contribution in [3.8, 4) is 5.75 Å². The van der Waals surface area contributed by atoms with Gasteiger partial charge in [0.15, 0.2) is 0 Å². The van der Waals surface area contributed by atoms with E-state index in [9.17, 15) is 13.2 Å². The second-order valence-electron chi connectivity index (χ2n) is 9.98. The zero-order valence-corrected chi connectivity index (χ0v) is 24.1. The molecule has 3 N–H and O–H groups in total. The summed E-state index contributed by atoms with van der Waals surface area (Å²) in [5.74, 6) is 0.0909. The molecule has 0 aliphatic heterocycles. The Morgan fingerprint density at radius 1 is 1.07 bits per heavy atom. The highest BCUT2D eigenvalue weighted by Gasteiger charge is 2.33. The summed E-state index contributed by atoms with van der Waals surface area (Å²) in [6.45, 7) is 1.93. The Labute approximate surface area is 237 Å². The van der Waals surface area contributed by atoms with Gasteiger partial charge >= 0.3 is 0 Å². The lowest BCUT2D eigenvalue weighted by atomic mass is 9.95. The van der Waals surface area contributed by atoms with E-state index >= 15 is 0 Å². The molecule has 10 heteroatoms. The largest absolute Gasteiger partial charge is 0.497 e. The minimum atomic E-state index is -3.71. The molecule has 1 atom stereocenters. The summed E-state index contributed by atoms with van der Waals surface area (Å²) >= 11 is 1.48. The quantitative estimate of drug-likeness (QED) is 0.245. The van der Waals surface area contributed by atoms with Crippen molar-refractivity contribution in [2.75, 3.05) is 25.2 Å². The number of hydrogen-bond acceptors (Lipinski definition) is 7. The summed E-state index contributed by atoms with van der Waals surface area (Å²) in [6.07, 6.45) is 0. The highest BCUT2D eigenvalue weighted by molar-refractivity contribution is 7.89. The van der Waals surface area contributed by atoms with Gasteiger partial charge in [-0.1, -0.05) is 36.4 Å². The van der Waals surface area contributed by atoms with Gasteiger partial charge in [-0.3, -0.25) is 4.79 Å². The number of nitrogens with zero attached hydrogens (tertiary/aromatic N) is 2. The van der Waals surface area contributed by atoms with Crippen molar-refractivity contribution in [3.05, 3.63) is 101 Å². The van der Waals surface area contributed by atoms with Crippen molar-refractivity contribution in [2.45, 2.75) is 19.0 Å². The molecule has 0 saturated carbocycles. The first-order valence-electron chi connectivity index (χ1n) is 12.6. The number of hydrogen-bond donors (Lipinski definition) is 2. The molecule has 0 bridgehead atoms. The lowest BCUT2D eigenvalue weighted by molar-refractivity contribution is 0.102. The molecule has 2 aromatic heterocycles. The number of carbonyl (C=O) groups is 1. The number of thiophene rings is 1. The van der Waals surface area contributed by atoms with Crippen LogP contribution in [0.5, 0.6) is 5.75 Å². The van der Waals surface area contributed by atoms with Crippen molar-refractivity contribution < 1.29 is 17.9 Å². The van der Waals surface area contributed by atoms with Crippen molar-refractivity contribution in [1.82, 2.24) is 9.29 Å². The summed E-state index contributed by atoms with van der Waals surface area (Å²) in [7, 11) is -0.570. The van der Waals surface area contributed by atoms with Crippen molar-refractivity contribution in [3.63, 3.8) is 0 Å².